The molecule has 1 saturated carbocycles. The quantitative estimate of drug-likeness (QED) is 0.200. The number of carbonyl (C=O) groups is 1. The molecule has 1 fully saturated rings. The lowest BCUT2D eigenvalue weighted by atomic mass is 9.80. The van der Waals surface area contributed by atoms with Crippen LogP contribution in [0.2, 0.25) is 5.02 Å². The van der Waals surface area contributed by atoms with E-state index < -0.39 is 23.7 Å². The van der Waals surface area contributed by atoms with Gasteiger partial charge >= 0.3 is 6.09 Å². The van der Waals surface area contributed by atoms with Crippen LogP contribution in [0.1, 0.15) is 57.6 Å². The maximum atomic E-state index is 12.2. The number of aliphatic hydroxyl groups is 2. The summed E-state index contributed by atoms with van der Waals surface area (Å²) in [6.45, 7) is 4.43. The largest absolute Gasteiger partial charge is 0.449 e. The van der Waals surface area contributed by atoms with E-state index in [1.165, 1.54) is 6.33 Å². The fourth-order valence-corrected chi connectivity index (χ4v) is 5.83. The summed E-state index contributed by atoms with van der Waals surface area (Å²) in [4.78, 5) is 25.1. The first kappa shape index (κ1) is 28.1. The van der Waals surface area contributed by atoms with Crippen molar-refractivity contribution in [3.8, 4) is 0 Å². The molecule has 40 heavy (non-hydrogen) atoms. The minimum Gasteiger partial charge on any atom is -0.449 e. The normalized spacial score (nSPS) is 22.7. The van der Waals surface area contributed by atoms with Gasteiger partial charge in [0.15, 0.2) is 5.82 Å². The van der Waals surface area contributed by atoms with E-state index in [0.717, 1.165) is 35.6 Å². The third-order valence-electron chi connectivity index (χ3n) is 8.03. The first-order valence-corrected chi connectivity index (χ1v) is 14.0. The molecule has 1 aliphatic carbocycles. The second-order valence-electron chi connectivity index (χ2n) is 10.9. The molecular formula is C29H35ClN6O4. The van der Waals surface area contributed by atoms with Crippen molar-refractivity contribution in [1.29, 1.82) is 0 Å². The van der Waals surface area contributed by atoms with Gasteiger partial charge in [-0.25, -0.2) is 19.7 Å². The molecule has 0 bridgehead atoms. The Hall–Kier alpha value is -3.47. The molecule has 1 aliphatic rings. The highest BCUT2D eigenvalue weighted by molar-refractivity contribution is 6.34. The van der Waals surface area contributed by atoms with Gasteiger partial charge in [0, 0.05) is 11.6 Å². The Morgan fingerprint density at radius 1 is 1.25 bits per heavy atom. The summed E-state index contributed by atoms with van der Waals surface area (Å²) in [6.07, 6.45) is 5.53. The van der Waals surface area contributed by atoms with Crippen LogP contribution < -0.4 is 11.1 Å². The molecule has 3 heterocycles. The second-order valence-corrected chi connectivity index (χ2v) is 11.3. The van der Waals surface area contributed by atoms with Crippen molar-refractivity contribution >= 4 is 51.3 Å². The van der Waals surface area contributed by atoms with Crippen molar-refractivity contribution in [2.45, 2.75) is 70.6 Å². The van der Waals surface area contributed by atoms with Gasteiger partial charge in [-0.15, -0.1) is 0 Å². The third kappa shape index (κ3) is 5.56. The molecular weight excluding hydrogens is 532 g/mol. The average Bonchev–Trinajstić information content (AvgIpc) is 3.46. The summed E-state index contributed by atoms with van der Waals surface area (Å²) in [5.74, 6) is 0.632. The van der Waals surface area contributed by atoms with E-state index in [4.69, 9.17) is 22.1 Å². The molecule has 4 aromatic rings. The molecule has 10 nitrogen and oxygen atoms in total. The number of pyridine rings is 1. The molecule has 0 saturated heterocycles. The molecule has 1 amide bonds. The average molecular weight is 567 g/mol. The van der Waals surface area contributed by atoms with Crippen LogP contribution in [-0.2, 0) is 11.2 Å². The Kier molecular flexibility index (Phi) is 8.11. The Labute approximate surface area is 237 Å². The van der Waals surface area contributed by atoms with Gasteiger partial charge in [-0.2, -0.15) is 0 Å². The Balaban J connectivity index is 1.29. The van der Waals surface area contributed by atoms with Gasteiger partial charge < -0.3 is 25.3 Å². The van der Waals surface area contributed by atoms with Crippen LogP contribution in [0.15, 0.2) is 42.9 Å². The number of nitrogen functional groups attached to an aromatic ring is 1. The van der Waals surface area contributed by atoms with Crippen LogP contribution in [-0.4, -0.2) is 54.6 Å². The summed E-state index contributed by atoms with van der Waals surface area (Å²) in [7, 11) is 0. The molecule has 212 valence electrons. The number of amides is 1. The van der Waals surface area contributed by atoms with Crippen LogP contribution in [0, 0.1) is 5.41 Å². The Bertz CT molecular complexity index is 1530. The van der Waals surface area contributed by atoms with E-state index in [-0.39, 0.29) is 11.9 Å². The summed E-state index contributed by atoms with van der Waals surface area (Å²) in [6, 6.07) is 9.17. The fourth-order valence-electron chi connectivity index (χ4n) is 5.62. The molecule has 4 atom stereocenters. The monoisotopic (exact) mass is 566 g/mol. The summed E-state index contributed by atoms with van der Waals surface area (Å²) >= 11 is 6.37. The topological polar surface area (TPSA) is 148 Å². The Morgan fingerprint density at radius 2 is 2.08 bits per heavy atom. The summed E-state index contributed by atoms with van der Waals surface area (Å²) in [5.41, 5.74) is 7.81. The number of ether oxygens (including phenoxy) is 1. The van der Waals surface area contributed by atoms with Crippen molar-refractivity contribution in [3.05, 3.63) is 53.4 Å². The number of hydrogen-bond donors (Lipinski definition) is 4. The number of aromatic nitrogens is 4. The number of rotatable bonds is 9. The fraction of sp³-hybridized carbons (Fsp3) is 0.448. The highest BCUT2D eigenvalue weighted by atomic mass is 35.5. The number of benzene rings is 1. The van der Waals surface area contributed by atoms with E-state index >= 15 is 0 Å². The molecule has 0 unspecified atom stereocenters. The first-order valence-electron chi connectivity index (χ1n) is 13.7. The van der Waals surface area contributed by atoms with E-state index in [9.17, 15) is 15.0 Å². The maximum absolute atomic E-state index is 12.2. The molecule has 0 spiro atoms. The van der Waals surface area contributed by atoms with Gasteiger partial charge in [-0.3, -0.25) is 5.32 Å². The number of fused-ring (bicyclic) bond motifs is 2. The maximum Gasteiger partial charge on any atom is 0.412 e. The number of nitrogens with one attached hydrogen (secondary N) is 1. The number of unbranched alkanes of at least 4 members (excludes halogenated alkanes) is 2. The number of halogens is 1. The molecule has 0 radical (unpaired) electrons. The Morgan fingerprint density at radius 3 is 2.88 bits per heavy atom. The number of nitrogens with two attached hydrogens (primary N) is 1. The molecule has 5 rings (SSSR count). The zero-order valence-electron chi connectivity index (χ0n) is 22.7. The molecule has 0 aliphatic heterocycles. The lowest BCUT2D eigenvalue weighted by molar-refractivity contribution is -0.0241. The van der Waals surface area contributed by atoms with Crippen LogP contribution in [0.4, 0.5) is 16.4 Å². The zero-order valence-corrected chi connectivity index (χ0v) is 23.4. The van der Waals surface area contributed by atoms with Crippen molar-refractivity contribution in [2.24, 2.45) is 5.41 Å². The van der Waals surface area contributed by atoms with E-state index in [1.807, 2.05) is 42.0 Å². The lowest BCUT2D eigenvalue weighted by Gasteiger charge is -2.28. The predicted molar refractivity (Wildman–Crippen MR) is 155 cm³/mol. The van der Waals surface area contributed by atoms with Gasteiger partial charge in [0.1, 0.15) is 23.9 Å². The van der Waals surface area contributed by atoms with Crippen molar-refractivity contribution < 1.29 is 19.7 Å². The smallest absolute Gasteiger partial charge is 0.412 e. The van der Waals surface area contributed by atoms with E-state index in [1.54, 1.807) is 6.07 Å². The lowest BCUT2D eigenvalue weighted by Crippen LogP contribution is -2.35. The summed E-state index contributed by atoms with van der Waals surface area (Å²) < 4.78 is 7.11. The number of anilines is 2. The molecule has 1 aromatic carbocycles. The highest BCUT2D eigenvalue weighted by Crippen LogP contribution is 2.48. The number of nitrogens with zero attached hydrogens (tertiary/aromatic N) is 4. The number of hydrogen-bond acceptors (Lipinski definition) is 8. The van der Waals surface area contributed by atoms with Gasteiger partial charge in [-0.1, -0.05) is 50.4 Å². The van der Waals surface area contributed by atoms with E-state index in [2.05, 4.69) is 27.2 Å². The highest BCUT2D eigenvalue weighted by Gasteiger charge is 2.50. The number of carbonyl (C=O) groups excluding carboxylic acids is 1. The van der Waals surface area contributed by atoms with Crippen LogP contribution >= 0.6 is 11.6 Å². The van der Waals surface area contributed by atoms with Crippen LogP contribution in [0.3, 0.4) is 0 Å². The minimum atomic E-state index is -0.951. The van der Waals surface area contributed by atoms with Gasteiger partial charge in [0.25, 0.3) is 0 Å². The van der Waals surface area contributed by atoms with Gasteiger partial charge in [-0.05, 0) is 54.9 Å². The van der Waals surface area contributed by atoms with Crippen LogP contribution in [0.5, 0.6) is 0 Å². The second kappa shape index (κ2) is 11.6. The number of aliphatic hydroxyl groups excluding tert-OH is 2. The third-order valence-corrected chi connectivity index (χ3v) is 8.31. The number of aryl methyl sites for hydroxylation is 1. The molecule has 5 N–H and O–H groups in total. The van der Waals surface area contributed by atoms with Crippen molar-refractivity contribution in [2.75, 3.05) is 17.7 Å². The summed E-state index contributed by atoms with van der Waals surface area (Å²) in [5, 5.41) is 26.7. The predicted octanol–water partition coefficient (Wildman–Crippen LogP) is 5.26. The minimum absolute atomic E-state index is 0.249. The molecule has 11 heteroatoms. The SMILES string of the molecule is CCCCCOC(=O)Nc1nc2cc(CC[C@@]3(C)C[C@@H](n4ccc5c(N)ncnc54)[C@H](O)[C@@H]3O)ccc2cc1Cl. The van der Waals surface area contributed by atoms with Crippen molar-refractivity contribution in [1.82, 2.24) is 19.5 Å². The van der Waals surface area contributed by atoms with Gasteiger partial charge in [0.2, 0.25) is 0 Å². The first-order chi connectivity index (χ1) is 19.2. The zero-order chi connectivity index (χ0) is 28.4. The van der Waals surface area contributed by atoms with E-state index in [0.29, 0.717) is 47.9 Å². The van der Waals surface area contributed by atoms with Crippen molar-refractivity contribution in [3.63, 3.8) is 0 Å². The molecule has 3 aromatic heterocycles. The van der Waals surface area contributed by atoms with Crippen LogP contribution in [0.25, 0.3) is 21.9 Å². The van der Waals surface area contributed by atoms with Gasteiger partial charge in [0.05, 0.1) is 34.7 Å². The standard InChI is InChI=1S/C29H35ClN6O4/c1-3-4-5-12-40-28(39)35-26-20(30)14-18-7-6-17(13-21(18)34-26)8-10-29(2)15-22(23(37)24(29)38)36-11-9-19-25(31)32-16-33-27(19)36/h6-7,9,11,13-14,16,22-24,37-38H,3-5,8,10,12,15H2,1-2H3,(H2,31,32,33)(H,34,35,39)/t22-,23+,24+,29+/m1/s1.